The van der Waals surface area contributed by atoms with Crippen molar-refractivity contribution in [3.8, 4) is 5.75 Å². The number of hydrogen-bond donors (Lipinski definition) is 1. The molecule has 2 heterocycles. The Labute approximate surface area is 141 Å². The number of methoxy groups -OCH3 is 1. The molecule has 0 amide bonds. The van der Waals surface area contributed by atoms with E-state index in [0.717, 1.165) is 50.5 Å². The number of aromatic nitrogens is 2. The van der Waals surface area contributed by atoms with Crippen molar-refractivity contribution in [1.82, 2.24) is 14.9 Å². The highest BCUT2D eigenvalue weighted by atomic mass is 19.1. The summed E-state index contributed by atoms with van der Waals surface area (Å²) in [5.74, 6) is 1.43. The molecule has 2 aromatic rings. The molecule has 0 atom stereocenters. The molecule has 24 heavy (non-hydrogen) atoms. The summed E-state index contributed by atoms with van der Waals surface area (Å²) in [7, 11) is 1.58. The maximum atomic E-state index is 13.0. The van der Waals surface area contributed by atoms with Crippen molar-refractivity contribution < 1.29 is 9.13 Å². The number of rotatable bonds is 4. The first-order valence-electron chi connectivity index (χ1n) is 8.03. The number of anilines is 2. The average Bonchev–Trinajstić information content (AvgIpc) is 2.82. The molecule has 2 N–H and O–H groups in total. The second-order valence-corrected chi connectivity index (χ2v) is 5.86. The lowest BCUT2D eigenvalue weighted by atomic mass is 10.2. The van der Waals surface area contributed by atoms with Gasteiger partial charge in [0.2, 0.25) is 5.75 Å². The largest absolute Gasteiger partial charge is 0.490 e. The maximum absolute atomic E-state index is 13.0. The molecule has 1 aliphatic heterocycles. The number of benzene rings is 1. The summed E-state index contributed by atoms with van der Waals surface area (Å²) in [6.45, 7) is 4.40. The molecule has 1 aromatic heterocycles. The van der Waals surface area contributed by atoms with Crippen molar-refractivity contribution in [2.75, 3.05) is 43.9 Å². The van der Waals surface area contributed by atoms with Gasteiger partial charge < -0.3 is 15.4 Å². The fraction of sp³-hybridized carbons (Fsp3) is 0.412. The predicted molar refractivity (Wildman–Crippen MR) is 91.5 cm³/mol. The highest BCUT2D eigenvalue weighted by Gasteiger charge is 2.20. The van der Waals surface area contributed by atoms with Crippen molar-refractivity contribution in [3.63, 3.8) is 0 Å². The average molecular weight is 331 g/mol. The van der Waals surface area contributed by atoms with Crippen LogP contribution in [-0.4, -0.2) is 48.2 Å². The van der Waals surface area contributed by atoms with Crippen molar-refractivity contribution in [2.24, 2.45) is 0 Å². The standard InChI is InChI=1S/C17H22FN5O/c1-24-15-16(19)20-12-21-17(15)23-8-2-7-22(9-10-23)11-13-3-5-14(18)6-4-13/h3-6,12H,2,7-11H2,1H3,(H2,19,20,21). The van der Waals surface area contributed by atoms with Crippen LogP contribution in [0.3, 0.4) is 0 Å². The second kappa shape index (κ2) is 7.44. The van der Waals surface area contributed by atoms with E-state index in [1.54, 1.807) is 7.11 Å². The van der Waals surface area contributed by atoms with Gasteiger partial charge in [-0.15, -0.1) is 0 Å². The van der Waals surface area contributed by atoms with Crippen LogP contribution in [0.5, 0.6) is 5.75 Å². The molecule has 1 aliphatic rings. The first-order valence-corrected chi connectivity index (χ1v) is 8.03. The molecule has 128 valence electrons. The summed E-state index contributed by atoms with van der Waals surface area (Å²) in [5, 5.41) is 0. The van der Waals surface area contributed by atoms with E-state index in [2.05, 4.69) is 19.8 Å². The Morgan fingerprint density at radius 1 is 1.12 bits per heavy atom. The van der Waals surface area contributed by atoms with Gasteiger partial charge in [-0.25, -0.2) is 14.4 Å². The van der Waals surface area contributed by atoms with E-state index in [0.29, 0.717) is 11.6 Å². The van der Waals surface area contributed by atoms with E-state index in [4.69, 9.17) is 10.5 Å². The Hall–Kier alpha value is -2.41. The Morgan fingerprint density at radius 2 is 1.92 bits per heavy atom. The molecule has 0 saturated carbocycles. The van der Waals surface area contributed by atoms with Gasteiger partial charge >= 0.3 is 0 Å². The molecular weight excluding hydrogens is 309 g/mol. The molecule has 1 saturated heterocycles. The van der Waals surface area contributed by atoms with Gasteiger partial charge in [0.25, 0.3) is 0 Å². The van der Waals surface area contributed by atoms with Crippen LogP contribution >= 0.6 is 0 Å². The molecular formula is C17H22FN5O. The van der Waals surface area contributed by atoms with Gasteiger partial charge in [-0.3, -0.25) is 4.90 Å². The van der Waals surface area contributed by atoms with E-state index in [-0.39, 0.29) is 5.82 Å². The minimum Gasteiger partial charge on any atom is -0.490 e. The second-order valence-electron chi connectivity index (χ2n) is 5.86. The van der Waals surface area contributed by atoms with Gasteiger partial charge in [-0.2, -0.15) is 0 Å². The first kappa shape index (κ1) is 16.4. The topological polar surface area (TPSA) is 67.5 Å². The smallest absolute Gasteiger partial charge is 0.204 e. The first-order chi connectivity index (χ1) is 11.7. The molecule has 0 bridgehead atoms. The van der Waals surface area contributed by atoms with Crippen LogP contribution in [0.15, 0.2) is 30.6 Å². The highest BCUT2D eigenvalue weighted by molar-refractivity contribution is 5.62. The van der Waals surface area contributed by atoms with Gasteiger partial charge in [0, 0.05) is 32.7 Å². The number of nitrogens with zero attached hydrogens (tertiary/aromatic N) is 4. The summed E-state index contributed by atoms with van der Waals surface area (Å²) in [4.78, 5) is 12.9. The summed E-state index contributed by atoms with van der Waals surface area (Å²) < 4.78 is 18.4. The minimum absolute atomic E-state index is 0.200. The normalized spacial score (nSPS) is 16.0. The fourth-order valence-electron chi connectivity index (χ4n) is 2.99. The zero-order valence-corrected chi connectivity index (χ0v) is 13.8. The molecule has 1 fully saturated rings. The lowest BCUT2D eigenvalue weighted by Gasteiger charge is -2.24. The van der Waals surface area contributed by atoms with E-state index >= 15 is 0 Å². The number of hydrogen-bond acceptors (Lipinski definition) is 6. The number of ether oxygens (including phenoxy) is 1. The molecule has 7 heteroatoms. The van der Waals surface area contributed by atoms with Gasteiger partial charge in [0.05, 0.1) is 7.11 Å². The lowest BCUT2D eigenvalue weighted by molar-refractivity contribution is 0.285. The number of nitrogens with two attached hydrogens (primary N) is 1. The number of nitrogen functional groups attached to an aromatic ring is 1. The third-order valence-electron chi connectivity index (χ3n) is 4.22. The lowest BCUT2D eigenvalue weighted by Crippen LogP contribution is -2.31. The van der Waals surface area contributed by atoms with Crippen molar-refractivity contribution >= 4 is 11.6 Å². The summed E-state index contributed by atoms with van der Waals surface area (Å²) in [6.07, 6.45) is 2.47. The Balaban J connectivity index is 1.67. The zero-order valence-electron chi connectivity index (χ0n) is 13.8. The molecule has 0 unspecified atom stereocenters. The van der Waals surface area contributed by atoms with Crippen LogP contribution in [0, 0.1) is 5.82 Å². The molecule has 3 rings (SSSR count). The van der Waals surface area contributed by atoms with E-state index < -0.39 is 0 Å². The third-order valence-corrected chi connectivity index (χ3v) is 4.22. The molecule has 0 radical (unpaired) electrons. The van der Waals surface area contributed by atoms with Gasteiger partial charge in [-0.05, 0) is 24.1 Å². The van der Waals surface area contributed by atoms with Gasteiger partial charge in [0.15, 0.2) is 11.6 Å². The Kier molecular flexibility index (Phi) is 5.10. The van der Waals surface area contributed by atoms with Crippen LogP contribution in [-0.2, 0) is 6.54 Å². The van der Waals surface area contributed by atoms with Crippen LogP contribution < -0.4 is 15.4 Å². The predicted octanol–water partition coefficient (Wildman–Crippen LogP) is 1.92. The highest BCUT2D eigenvalue weighted by Crippen LogP contribution is 2.30. The monoisotopic (exact) mass is 331 g/mol. The van der Waals surface area contributed by atoms with E-state index in [1.165, 1.54) is 18.5 Å². The minimum atomic E-state index is -0.200. The zero-order chi connectivity index (χ0) is 16.9. The Bertz CT molecular complexity index is 679. The van der Waals surface area contributed by atoms with Gasteiger partial charge in [0.1, 0.15) is 12.1 Å². The molecule has 6 nitrogen and oxygen atoms in total. The summed E-state index contributed by atoms with van der Waals surface area (Å²) in [6, 6.07) is 6.69. The molecule has 0 spiro atoms. The third kappa shape index (κ3) is 3.73. The number of halogens is 1. The van der Waals surface area contributed by atoms with E-state index in [1.807, 2.05) is 12.1 Å². The van der Waals surface area contributed by atoms with Crippen molar-refractivity contribution in [3.05, 3.63) is 42.0 Å². The van der Waals surface area contributed by atoms with Crippen molar-refractivity contribution in [1.29, 1.82) is 0 Å². The van der Waals surface area contributed by atoms with Crippen LogP contribution in [0.25, 0.3) is 0 Å². The SMILES string of the molecule is COc1c(N)ncnc1N1CCCN(Cc2ccc(F)cc2)CC1. The van der Waals surface area contributed by atoms with Gasteiger partial charge in [-0.1, -0.05) is 12.1 Å². The molecule has 1 aromatic carbocycles. The summed E-state index contributed by atoms with van der Waals surface area (Å²) in [5.41, 5.74) is 6.99. The quantitative estimate of drug-likeness (QED) is 0.923. The fourth-order valence-corrected chi connectivity index (χ4v) is 2.99. The van der Waals surface area contributed by atoms with E-state index in [9.17, 15) is 4.39 Å². The van der Waals surface area contributed by atoms with Crippen LogP contribution in [0.1, 0.15) is 12.0 Å². The summed E-state index contributed by atoms with van der Waals surface area (Å²) >= 11 is 0. The van der Waals surface area contributed by atoms with Crippen LogP contribution in [0.4, 0.5) is 16.0 Å². The van der Waals surface area contributed by atoms with Crippen LogP contribution in [0.2, 0.25) is 0 Å². The van der Waals surface area contributed by atoms with Crippen molar-refractivity contribution in [2.45, 2.75) is 13.0 Å². The Morgan fingerprint density at radius 3 is 2.67 bits per heavy atom. The maximum Gasteiger partial charge on any atom is 0.204 e. The molecule has 0 aliphatic carbocycles.